The van der Waals surface area contributed by atoms with Crippen LogP contribution in [0.1, 0.15) is 32.3 Å². The maximum Gasteiger partial charge on any atom is 0.270 e. The summed E-state index contributed by atoms with van der Waals surface area (Å²) in [6.45, 7) is 0. The molecule has 1 aliphatic rings. The van der Waals surface area contributed by atoms with Gasteiger partial charge in [-0.1, -0.05) is 66.7 Å². The van der Waals surface area contributed by atoms with Crippen LogP contribution in [-0.2, 0) is 0 Å². The van der Waals surface area contributed by atoms with Gasteiger partial charge in [-0.3, -0.25) is 19.7 Å². The zero-order valence-corrected chi connectivity index (χ0v) is 14.8. The summed E-state index contributed by atoms with van der Waals surface area (Å²) in [5, 5.41) is 11.0. The van der Waals surface area contributed by atoms with E-state index in [0.29, 0.717) is 5.56 Å². The number of carbonyl (C=O) groups is 2. The van der Waals surface area contributed by atoms with E-state index < -0.39 is 16.9 Å². The van der Waals surface area contributed by atoms with Crippen molar-refractivity contribution in [2.45, 2.75) is 12.1 Å². The Labute approximate surface area is 161 Å². The second kappa shape index (κ2) is 7.08. The van der Waals surface area contributed by atoms with E-state index in [-0.39, 0.29) is 23.1 Å². The molecule has 6 heteroatoms. The van der Waals surface area contributed by atoms with Gasteiger partial charge in [-0.25, -0.2) is 0 Å². The normalized spacial score (nSPS) is 17.8. The fraction of sp³-hybridized carbons (Fsp3) is 0.0909. The van der Waals surface area contributed by atoms with Gasteiger partial charge in [0.15, 0.2) is 5.78 Å². The predicted octanol–water partition coefficient (Wildman–Crippen LogP) is 4.04. The van der Waals surface area contributed by atoms with Crippen LogP contribution in [0.25, 0.3) is 0 Å². The third kappa shape index (κ3) is 3.16. The Hall–Kier alpha value is -3.80. The first-order valence-electron chi connectivity index (χ1n) is 8.79. The highest BCUT2D eigenvalue weighted by atomic mass is 16.6. The summed E-state index contributed by atoms with van der Waals surface area (Å²) in [5.41, 5.74) is 1.42. The number of amides is 1. The Morgan fingerprint density at radius 1 is 0.821 bits per heavy atom. The quantitative estimate of drug-likeness (QED) is 0.293. The molecule has 4 rings (SSSR count). The number of hydrogen-bond donors (Lipinski definition) is 0. The average molecular weight is 372 g/mol. The monoisotopic (exact) mass is 372 g/mol. The molecule has 0 bridgehead atoms. The lowest BCUT2D eigenvalue weighted by molar-refractivity contribution is -0.384. The molecule has 1 amide bonds. The van der Waals surface area contributed by atoms with Crippen LogP contribution in [0.2, 0.25) is 0 Å². The van der Waals surface area contributed by atoms with E-state index in [9.17, 15) is 19.7 Å². The molecule has 0 aromatic heterocycles. The van der Waals surface area contributed by atoms with E-state index in [1.807, 2.05) is 36.4 Å². The Bertz CT molecular complexity index is 1050. The Kier molecular flexibility index (Phi) is 4.45. The zero-order valence-electron chi connectivity index (χ0n) is 14.8. The van der Waals surface area contributed by atoms with E-state index in [1.165, 1.54) is 29.2 Å². The molecule has 6 nitrogen and oxygen atoms in total. The minimum absolute atomic E-state index is 0.145. The molecule has 0 aliphatic carbocycles. The molecule has 0 saturated carbocycles. The van der Waals surface area contributed by atoms with Crippen molar-refractivity contribution in [2.75, 3.05) is 0 Å². The number of nitro benzene ring substituents is 1. The van der Waals surface area contributed by atoms with Gasteiger partial charge in [0.25, 0.3) is 11.6 Å². The van der Waals surface area contributed by atoms with Crippen molar-refractivity contribution in [1.82, 2.24) is 4.90 Å². The molecule has 0 unspecified atom stereocenters. The smallest absolute Gasteiger partial charge is 0.270 e. The second-order valence-corrected chi connectivity index (χ2v) is 6.55. The van der Waals surface area contributed by atoms with Gasteiger partial charge in [0.1, 0.15) is 6.04 Å². The molecule has 0 N–H and O–H groups in total. The number of rotatable bonds is 5. The van der Waals surface area contributed by atoms with Crippen molar-refractivity contribution in [3.63, 3.8) is 0 Å². The SMILES string of the molecule is O=C(c1ccccc1)[C@H]1[C@@H](c2ccccc2)N1C(=O)c1cccc([N+](=O)[O-])c1. The Balaban J connectivity index is 1.69. The number of hydrogen-bond acceptors (Lipinski definition) is 4. The van der Waals surface area contributed by atoms with Gasteiger partial charge in [0.05, 0.1) is 11.0 Å². The first-order valence-corrected chi connectivity index (χ1v) is 8.79. The molecule has 1 aliphatic heterocycles. The van der Waals surface area contributed by atoms with Crippen molar-refractivity contribution in [3.05, 3.63) is 112 Å². The first-order chi connectivity index (χ1) is 13.6. The summed E-state index contributed by atoms with van der Waals surface area (Å²) < 4.78 is 0. The van der Waals surface area contributed by atoms with Crippen molar-refractivity contribution >= 4 is 17.4 Å². The summed E-state index contributed by atoms with van der Waals surface area (Å²) >= 11 is 0. The van der Waals surface area contributed by atoms with Crippen LogP contribution in [0.5, 0.6) is 0 Å². The minimum Gasteiger partial charge on any atom is -0.316 e. The predicted molar refractivity (Wildman–Crippen MR) is 103 cm³/mol. The largest absolute Gasteiger partial charge is 0.316 e. The van der Waals surface area contributed by atoms with Crippen molar-refractivity contribution in [1.29, 1.82) is 0 Å². The summed E-state index contributed by atoms with van der Waals surface area (Å²) in [6.07, 6.45) is 0. The summed E-state index contributed by atoms with van der Waals surface area (Å²) in [4.78, 5) is 38.1. The Morgan fingerprint density at radius 3 is 2.07 bits per heavy atom. The third-order valence-electron chi connectivity index (χ3n) is 4.82. The van der Waals surface area contributed by atoms with Crippen LogP contribution < -0.4 is 0 Å². The van der Waals surface area contributed by atoms with E-state index in [4.69, 9.17) is 0 Å². The molecule has 0 spiro atoms. The van der Waals surface area contributed by atoms with Gasteiger partial charge in [-0.2, -0.15) is 0 Å². The van der Waals surface area contributed by atoms with Gasteiger partial charge >= 0.3 is 0 Å². The van der Waals surface area contributed by atoms with Crippen LogP contribution in [0.3, 0.4) is 0 Å². The highest BCUT2D eigenvalue weighted by Gasteiger charge is 2.56. The van der Waals surface area contributed by atoms with E-state index >= 15 is 0 Å². The standard InChI is InChI=1S/C22H16N2O4/c25-21(16-10-5-2-6-11-16)20-19(15-8-3-1-4-9-15)23(20)22(26)17-12-7-13-18(14-17)24(27)28/h1-14,19-20H/t19-,20-,23?/m1/s1. The molecule has 3 aromatic carbocycles. The third-order valence-corrected chi connectivity index (χ3v) is 4.82. The zero-order chi connectivity index (χ0) is 19.7. The van der Waals surface area contributed by atoms with Gasteiger partial charge < -0.3 is 4.90 Å². The topological polar surface area (TPSA) is 80.3 Å². The van der Waals surface area contributed by atoms with Crippen LogP contribution in [0.15, 0.2) is 84.9 Å². The van der Waals surface area contributed by atoms with Crippen molar-refractivity contribution in [3.8, 4) is 0 Å². The van der Waals surface area contributed by atoms with Crippen molar-refractivity contribution in [2.24, 2.45) is 0 Å². The van der Waals surface area contributed by atoms with Gasteiger partial charge in [-0.05, 0) is 11.6 Å². The summed E-state index contributed by atoms with van der Waals surface area (Å²) in [6, 6.07) is 22.7. The number of nitro groups is 1. The second-order valence-electron chi connectivity index (χ2n) is 6.55. The summed E-state index contributed by atoms with van der Waals surface area (Å²) in [5.74, 6) is -0.542. The average Bonchev–Trinajstić information content (AvgIpc) is 3.49. The number of carbonyl (C=O) groups excluding carboxylic acids is 2. The maximum atomic E-state index is 13.1. The van der Waals surface area contributed by atoms with Gasteiger partial charge in [-0.15, -0.1) is 0 Å². The molecule has 1 heterocycles. The molecule has 0 radical (unpaired) electrons. The van der Waals surface area contributed by atoms with Gasteiger partial charge in [0, 0.05) is 23.3 Å². The maximum absolute atomic E-state index is 13.1. The number of ketones is 1. The molecule has 28 heavy (non-hydrogen) atoms. The molecular weight excluding hydrogens is 356 g/mol. The Morgan fingerprint density at radius 2 is 1.43 bits per heavy atom. The number of nitrogens with zero attached hydrogens (tertiary/aromatic N) is 2. The highest BCUT2D eigenvalue weighted by Crippen LogP contribution is 2.46. The lowest BCUT2D eigenvalue weighted by Gasteiger charge is -2.05. The number of benzene rings is 3. The highest BCUT2D eigenvalue weighted by molar-refractivity contribution is 6.08. The lowest BCUT2D eigenvalue weighted by atomic mass is 10.0. The molecule has 1 fully saturated rings. The molecule has 3 aromatic rings. The van der Waals surface area contributed by atoms with E-state index in [2.05, 4.69) is 0 Å². The molecule has 2 atom stereocenters. The number of Topliss-reactive ketones (excluding diaryl/α,β-unsaturated/α-hetero) is 1. The lowest BCUT2D eigenvalue weighted by Crippen LogP contribution is -2.19. The van der Waals surface area contributed by atoms with Crippen LogP contribution in [0.4, 0.5) is 5.69 Å². The first kappa shape index (κ1) is 17.6. The van der Waals surface area contributed by atoms with Crippen LogP contribution in [-0.4, -0.2) is 27.6 Å². The fourth-order valence-corrected chi connectivity index (χ4v) is 3.42. The van der Waals surface area contributed by atoms with E-state index in [1.54, 1.807) is 24.3 Å². The van der Waals surface area contributed by atoms with Crippen LogP contribution in [0, 0.1) is 10.1 Å². The van der Waals surface area contributed by atoms with Gasteiger partial charge in [0.2, 0.25) is 0 Å². The fourth-order valence-electron chi connectivity index (χ4n) is 3.42. The minimum atomic E-state index is -0.628. The van der Waals surface area contributed by atoms with E-state index in [0.717, 1.165) is 5.56 Å². The van der Waals surface area contributed by atoms with Crippen LogP contribution >= 0.6 is 0 Å². The molecular formula is C22H16N2O4. The molecule has 138 valence electrons. The molecule has 1 saturated heterocycles. The summed E-state index contributed by atoms with van der Waals surface area (Å²) in [7, 11) is 0. The van der Waals surface area contributed by atoms with Crippen molar-refractivity contribution < 1.29 is 14.5 Å². The number of non-ortho nitro benzene ring substituents is 1.